The summed E-state index contributed by atoms with van der Waals surface area (Å²) in [6.45, 7) is 11.2. The monoisotopic (exact) mass is 302 g/mol. The van der Waals surface area contributed by atoms with Crippen LogP contribution in [0.5, 0.6) is 0 Å². The van der Waals surface area contributed by atoms with Gasteiger partial charge in [-0.25, -0.2) is 0 Å². The van der Waals surface area contributed by atoms with Crippen molar-refractivity contribution in [2.45, 2.75) is 39.7 Å². The van der Waals surface area contributed by atoms with Crippen LogP contribution in [-0.2, 0) is 0 Å². The molecule has 2 N–H and O–H groups in total. The minimum atomic E-state index is 0.395. The third-order valence-corrected chi connectivity index (χ3v) is 4.01. The van der Waals surface area contributed by atoms with Gasteiger partial charge in [-0.05, 0) is 44.2 Å². The topological polar surface area (TPSA) is 30.5 Å². The summed E-state index contributed by atoms with van der Waals surface area (Å²) >= 11 is 10.9. The van der Waals surface area contributed by atoms with Crippen LogP contribution in [0.3, 0.4) is 0 Å². The van der Waals surface area contributed by atoms with Gasteiger partial charge in [-0.1, -0.05) is 13.8 Å². The molecule has 1 fully saturated rings. The van der Waals surface area contributed by atoms with Crippen molar-refractivity contribution in [3.63, 3.8) is 0 Å². The molecule has 0 unspecified atom stereocenters. The molecule has 1 atom stereocenters. The molecule has 0 spiro atoms. The highest BCUT2D eigenvalue weighted by Gasteiger charge is 2.26. The summed E-state index contributed by atoms with van der Waals surface area (Å²) in [7, 11) is 0. The SMILES string of the molecule is CCCNC(=S)N1CCN(C(=S)NCCC)[C@@H](C)C1. The van der Waals surface area contributed by atoms with E-state index in [2.05, 4.69) is 41.2 Å². The van der Waals surface area contributed by atoms with Gasteiger partial charge in [0.05, 0.1) is 0 Å². The molecule has 1 aliphatic rings. The molecular formula is C13H26N4S2. The molecule has 1 rings (SSSR count). The van der Waals surface area contributed by atoms with Gasteiger partial charge in [-0.3, -0.25) is 0 Å². The minimum Gasteiger partial charge on any atom is -0.363 e. The van der Waals surface area contributed by atoms with Crippen molar-refractivity contribution in [1.29, 1.82) is 0 Å². The molecule has 1 saturated heterocycles. The van der Waals surface area contributed by atoms with E-state index in [0.29, 0.717) is 6.04 Å². The lowest BCUT2D eigenvalue weighted by atomic mass is 10.2. The third-order valence-electron chi connectivity index (χ3n) is 3.23. The molecular weight excluding hydrogens is 276 g/mol. The van der Waals surface area contributed by atoms with Gasteiger partial charge in [0.25, 0.3) is 0 Å². The van der Waals surface area contributed by atoms with Crippen molar-refractivity contribution in [3.8, 4) is 0 Å². The van der Waals surface area contributed by atoms with Gasteiger partial charge in [-0.2, -0.15) is 0 Å². The summed E-state index contributed by atoms with van der Waals surface area (Å²) in [5, 5.41) is 8.34. The highest BCUT2D eigenvalue weighted by Crippen LogP contribution is 2.10. The van der Waals surface area contributed by atoms with Gasteiger partial charge in [0.2, 0.25) is 0 Å². The van der Waals surface area contributed by atoms with Crippen molar-refractivity contribution < 1.29 is 0 Å². The molecule has 1 aliphatic heterocycles. The lowest BCUT2D eigenvalue weighted by Gasteiger charge is -2.42. The van der Waals surface area contributed by atoms with E-state index in [9.17, 15) is 0 Å². The van der Waals surface area contributed by atoms with E-state index >= 15 is 0 Å². The number of nitrogens with one attached hydrogen (secondary N) is 2. The lowest BCUT2D eigenvalue weighted by molar-refractivity contribution is 0.193. The molecule has 110 valence electrons. The second-order valence-corrected chi connectivity index (χ2v) is 5.73. The first-order chi connectivity index (χ1) is 9.10. The molecule has 0 aromatic rings. The van der Waals surface area contributed by atoms with Crippen LogP contribution in [-0.4, -0.2) is 58.8 Å². The fraction of sp³-hybridized carbons (Fsp3) is 0.846. The average molecular weight is 303 g/mol. The van der Waals surface area contributed by atoms with E-state index in [1.807, 2.05) is 0 Å². The molecule has 0 aromatic heterocycles. The Hall–Kier alpha value is -0.620. The Balaban J connectivity index is 2.42. The minimum absolute atomic E-state index is 0.395. The third kappa shape index (κ3) is 5.10. The van der Waals surface area contributed by atoms with Crippen molar-refractivity contribution >= 4 is 34.7 Å². The highest BCUT2D eigenvalue weighted by molar-refractivity contribution is 7.80. The van der Waals surface area contributed by atoms with Gasteiger partial charge in [0.1, 0.15) is 0 Å². The molecule has 0 aromatic carbocycles. The van der Waals surface area contributed by atoms with Gasteiger partial charge >= 0.3 is 0 Å². The van der Waals surface area contributed by atoms with Gasteiger partial charge in [-0.15, -0.1) is 0 Å². The van der Waals surface area contributed by atoms with Crippen LogP contribution in [0.2, 0.25) is 0 Å². The number of hydrogen-bond acceptors (Lipinski definition) is 2. The first kappa shape index (κ1) is 16.4. The average Bonchev–Trinajstić information content (AvgIpc) is 2.41. The normalized spacial score (nSPS) is 19.2. The smallest absolute Gasteiger partial charge is 0.169 e. The van der Waals surface area contributed by atoms with E-state index in [1.54, 1.807) is 0 Å². The summed E-state index contributed by atoms with van der Waals surface area (Å²) in [4.78, 5) is 4.51. The predicted octanol–water partition coefficient (Wildman–Crippen LogP) is 1.56. The largest absolute Gasteiger partial charge is 0.363 e. The van der Waals surface area contributed by atoms with Crippen molar-refractivity contribution in [1.82, 2.24) is 20.4 Å². The maximum absolute atomic E-state index is 5.44. The van der Waals surface area contributed by atoms with Crippen LogP contribution in [0.25, 0.3) is 0 Å². The molecule has 6 heteroatoms. The van der Waals surface area contributed by atoms with E-state index in [4.69, 9.17) is 24.4 Å². The highest BCUT2D eigenvalue weighted by atomic mass is 32.1. The summed E-state index contributed by atoms with van der Waals surface area (Å²) in [6.07, 6.45) is 2.19. The number of hydrogen-bond donors (Lipinski definition) is 2. The van der Waals surface area contributed by atoms with E-state index < -0.39 is 0 Å². The number of nitrogens with zero attached hydrogens (tertiary/aromatic N) is 2. The quantitative estimate of drug-likeness (QED) is 0.767. The Morgan fingerprint density at radius 1 is 1.05 bits per heavy atom. The van der Waals surface area contributed by atoms with E-state index in [0.717, 1.165) is 55.8 Å². The fourth-order valence-corrected chi connectivity index (χ4v) is 2.76. The zero-order valence-corrected chi connectivity index (χ0v) is 13.9. The molecule has 1 heterocycles. The first-order valence-corrected chi connectivity index (χ1v) is 7.99. The van der Waals surface area contributed by atoms with Gasteiger partial charge < -0.3 is 20.4 Å². The second kappa shape index (κ2) is 8.53. The molecule has 0 bridgehead atoms. The molecule has 0 amide bonds. The Bertz CT molecular complexity index is 309. The Labute approximate surface area is 127 Å². The Morgan fingerprint density at radius 2 is 1.63 bits per heavy atom. The van der Waals surface area contributed by atoms with Gasteiger partial charge in [0, 0.05) is 38.8 Å². The number of piperazine rings is 1. The Morgan fingerprint density at radius 3 is 2.16 bits per heavy atom. The zero-order valence-electron chi connectivity index (χ0n) is 12.2. The van der Waals surface area contributed by atoms with Crippen molar-refractivity contribution in [2.75, 3.05) is 32.7 Å². The van der Waals surface area contributed by atoms with Crippen LogP contribution >= 0.6 is 24.4 Å². The predicted molar refractivity (Wildman–Crippen MR) is 89.5 cm³/mol. The molecule has 0 aliphatic carbocycles. The van der Waals surface area contributed by atoms with Crippen molar-refractivity contribution in [2.24, 2.45) is 0 Å². The van der Waals surface area contributed by atoms with Crippen LogP contribution in [0.4, 0.5) is 0 Å². The summed E-state index contributed by atoms with van der Waals surface area (Å²) in [5.41, 5.74) is 0. The molecule has 19 heavy (non-hydrogen) atoms. The lowest BCUT2D eigenvalue weighted by Crippen LogP contribution is -2.59. The fourth-order valence-electron chi connectivity index (χ4n) is 2.12. The second-order valence-electron chi connectivity index (χ2n) is 4.95. The standard InChI is InChI=1S/C13H26N4S2/c1-4-6-14-12(18)16-8-9-17(11(3)10-16)13(19)15-7-5-2/h11H,4-10H2,1-3H3,(H,14,18)(H,15,19)/t11-/m0/s1. The molecule has 0 radical (unpaired) electrons. The van der Waals surface area contributed by atoms with Crippen LogP contribution in [0.15, 0.2) is 0 Å². The van der Waals surface area contributed by atoms with Gasteiger partial charge in [0.15, 0.2) is 10.2 Å². The van der Waals surface area contributed by atoms with E-state index in [-0.39, 0.29) is 0 Å². The van der Waals surface area contributed by atoms with E-state index in [1.165, 1.54) is 0 Å². The first-order valence-electron chi connectivity index (χ1n) is 7.17. The zero-order chi connectivity index (χ0) is 14.3. The van der Waals surface area contributed by atoms with Crippen LogP contribution in [0, 0.1) is 0 Å². The maximum Gasteiger partial charge on any atom is 0.169 e. The van der Waals surface area contributed by atoms with Crippen LogP contribution in [0.1, 0.15) is 33.6 Å². The Kier molecular flexibility index (Phi) is 7.38. The van der Waals surface area contributed by atoms with Crippen LogP contribution < -0.4 is 10.6 Å². The molecule has 0 saturated carbocycles. The summed E-state index contributed by atoms with van der Waals surface area (Å²) in [5.74, 6) is 0. The van der Waals surface area contributed by atoms with Crippen molar-refractivity contribution in [3.05, 3.63) is 0 Å². The molecule has 4 nitrogen and oxygen atoms in total. The summed E-state index contributed by atoms with van der Waals surface area (Å²) < 4.78 is 0. The number of rotatable bonds is 4. The summed E-state index contributed by atoms with van der Waals surface area (Å²) in [6, 6.07) is 0.395. The number of thiocarbonyl (C=S) groups is 2. The maximum atomic E-state index is 5.44.